The molecular formula is C12H23. The van der Waals surface area contributed by atoms with Crippen LogP contribution in [0.4, 0.5) is 0 Å². The summed E-state index contributed by atoms with van der Waals surface area (Å²) in [4.78, 5) is 0. The minimum absolute atomic E-state index is 1.06. The highest BCUT2D eigenvalue weighted by Gasteiger charge is 2.13. The number of rotatable bonds is 6. The summed E-state index contributed by atoms with van der Waals surface area (Å²) in [5, 5.41) is 0. The summed E-state index contributed by atoms with van der Waals surface area (Å²) in [7, 11) is 0. The zero-order chi connectivity index (χ0) is 8.65. The molecule has 1 aliphatic carbocycles. The van der Waals surface area contributed by atoms with Gasteiger partial charge in [-0.15, -0.1) is 0 Å². The Labute approximate surface area is 77.7 Å². The van der Waals surface area contributed by atoms with E-state index in [2.05, 4.69) is 13.3 Å². The highest BCUT2D eigenvalue weighted by atomic mass is 14.2. The lowest BCUT2D eigenvalue weighted by molar-refractivity contribution is 0.524. The van der Waals surface area contributed by atoms with E-state index in [1.54, 1.807) is 0 Å². The lowest BCUT2D eigenvalue weighted by Gasteiger charge is -2.06. The van der Waals surface area contributed by atoms with E-state index >= 15 is 0 Å². The summed E-state index contributed by atoms with van der Waals surface area (Å²) in [6.45, 7) is 2.27. The van der Waals surface area contributed by atoms with Crippen LogP contribution in [0.3, 0.4) is 0 Å². The molecule has 0 saturated heterocycles. The van der Waals surface area contributed by atoms with Crippen LogP contribution in [-0.4, -0.2) is 0 Å². The summed E-state index contributed by atoms with van der Waals surface area (Å²) in [6.07, 6.45) is 15.5. The molecule has 0 aromatic carbocycles. The van der Waals surface area contributed by atoms with Gasteiger partial charge in [0.25, 0.3) is 0 Å². The molecule has 0 heterocycles. The van der Waals surface area contributed by atoms with Crippen molar-refractivity contribution < 1.29 is 0 Å². The Morgan fingerprint density at radius 1 is 1.17 bits per heavy atom. The van der Waals surface area contributed by atoms with E-state index in [4.69, 9.17) is 0 Å². The van der Waals surface area contributed by atoms with Gasteiger partial charge in [-0.3, -0.25) is 0 Å². The second kappa shape index (κ2) is 6.51. The third-order valence-corrected chi connectivity index (χ3v) is 2.99. The Morgan fingerprint density at radius 3 is 2.58 bits per heavy atom. The molecule has 1 rings (SSSR count). The Hall–Kier alpha value is 0. The van der Waals surface area contributed by atoms with Crippen LogP contribution >= 0.6 is 0 Å². The van der Waals surface area contributed by atoms with Crippen molar-refractivity contribution in [3.05, 3.63) is 6.42 Å². The second-order valence-electron chi connectivity index (χ2n) is 4.17. The topological polar surface area (TPSA) is 0 Å². The van der Waals surface area contributed by atoms with Crippen molar-refractivity contribution in [1.29, 1.82) is 0 Å². The molecule has 0 spiro atoms. The predicted molar refractivity (Wildman–Crippen MR) is 55.0 cm³/mol. The first-order chi connectivity index (χ1) is 5.93. The molecule has 71 valence electrons. The first-order valence-electron chi connectivity index (χ1n) is 5.75. The molecule has 12 heavy (non-hydrogen) atoms. The van der Waals surface area contributed by atoms with Crippen molar-refractivity contribution in [2.45, 2.75) is 64.7 Å². The summed E-state index contributed by atoms with van der Waals surface area (Å²) in [5.74, 6) is 1.06. The van der Waals surface area contributed by atoms with Gasteiger partial charge in [0.05, 0.1) is 0 Å². The van der Waals surface area contributed by atoms with Gasteiger partial charge in [0.2, 0.25) is 0 Å². The molecule has 1 radical (unpaired) electrons. The summed E-state index contributed by atoms with van der Waals surface area (Å²) >= 11 is 0. The standard InChI is InChI=1S/C12H23/c1-2-3-4-5-6-9-12-10-7-8-11-12/h6,12H,2-5,7-11H2,1H3. The van der Waals surface area contributed by atoms with Crippen molar-refractivity contribution in [2.75, 3.05) is 0 Å². The molecular weight excluding hydrogens is 144 g/mol. The Morgan fingerprint density at radius 2 is 1.92 bits per heavy atom. The van der Waals surface area contributed by atoms with E-state index in [9.17, 15) is 0 Å². The molecule has 0 aliphatic heterocycles. The Balaban J connectivity index is 1.81. The quantitative estimate of drug-likeness (QED) is 0.516. The van der Waals surface area contributed by atoms with Crippen molar-refractivity contribution in [2.24, 2.45) is 5.92 Å². The number of hydrogen-bond acceptors (Lipinski definition) is 0. The highest BCUT2D eigenvalue weighted by molar-refractivity contribution is 4.75. The zero-order valence-electron chi connectivity index (χ0n) is 8.52. The minimum Gasteiger partial charge on any atom is -0.0654 e. The molecule has 0 amide bonds. The van der Waals surface area contributed by atoms with E-state index in [0.29, 0.717) is 0 Å². The van der Waals surface area contributed by atoms with Crippen LogP contribution in [0, 0.1) is 12.3 Å². The molecule has 1 saturated carbocycles. The van der Waals surface area contributed by atoms with Crippen molar-refractivity contribution in [1.82, 2.24) is 0 Å². The smallest absolute Gasteiger partial charge is 0.0383 e. The molecule has 0 atom stereocenters. The highest BCUT2D eigenvalue weighted by Crippen LogP contribution is 2.28. The van der Waals surface area contributed by atoms with Crippen LogP contribution < -0.4 is 0 Å². The van der Waals surface area contributed by atoms with E-state index in [-0.39, 0.29) is 0 Å². The lowest BCUT2D eigenvalue weighted by Crippen LogP contribution is -1.93. The van der Waals surface area contributed by atoms with Crippen LogP contribution in [0.1, 0.15) is 64.7 Å². The maximum atomic E-state index is 2.53. The van der Waals surface area contributed by atoms with Crippen LogP contribution in [0.5, 0.6) is 0 Å². The van der Waals surface area contributed by atoms with Crippen LogP contribution in [0.2, 0.25) is 0 Å². The third-order valence-electron chi connectivity index (χ3n) is 2.99. The largest absolute Gasteiger partial charge is 0.0654 e. The van der Waals surface area contributed by atoms with Crippen LogP contribution in [0.25, 0.3) is 0 Å². The van der Waals surface area contributed by atoms with Gasteiger partial charge in [-0.05, 0) is 18.8 Å². The lowest BCUT2D eigenvalue weighted by atomic mass is 9.99. The molecule has 0 N–H and O–H groups in total. The molecule has 0 heteroatoms. The fraction of sp³-hybridized carbons (Fsp3) is 0.917. The SMILES string of the molecule is CCCCC[CH]CC1CCCC1. The summed E-state index contributed by atoms with van der Waals surface area (Å²) in [5.41, 5.74) is 0. The predicted octanol–water partition coefficient (Wildman–Crippen LogP) is 4.35. The van der Waals surface area contributed by atoms with Gasteiger partial charge < -0.3 is 0 Å². The minimum atomic E-state index is 1.06. The molecule has 0 aromatic rings. The van der Waals surface area contributed by atoms with Gasteiger partial charge in [-0.2, -0.15) is 0 Å². The molecule has 0 nitrogen and oxygen atoms in total. The molecule has 0 aromatic heterocycles. The molecule has 0 unspecified atom stereocenters. The van der Waals surface area contributed by atoms with Gasteiger partial charge in [-0.25, -0.2) is 0 Å². The van der Waals surface area contributed by atoms with Crippen molar-refractivity contribution in [3.63, 3.8) is 0 Å². The number of hydrogen-bond donors (Lipinski definition) is 0. The van der Waals surface area contributed by atoms with E-state index in [1.165, 1.54) is 57.8 Å². The molecule has 0 bridgehead atoms. The van der Waals surface area contributed by atoms with E-state index in [0.717, 1.165) is 5.92 Å². The van der Waals surface area contributed by atoms with Crippen LogP contribution in [0.15, 0.2) is 0 Å². The normalized spacial score (nSPS) is 18.8. The van der Waals surface area contributed by atoms with Gasteiger partial charge in [-0.1, -0.05) is 58.3 Å². The first-order valence-corrected chi connectivity index (χ1v) is 5.75. The first kappa shape index (κ1) is 10.1. The average molecular weight is 167 g/mol. The zero-order valence-corrected chi connectivity index (χ0v) is 8.52. The van der Waals surface area contributed by atoms with Crippen LogP contribution in [-0.2, 0) is 0 Å². The number of unbranched alkanes of at least 4 members (excludes halogenated alkanes) is 4. The van der Waals surface area contributed by atoms with Gasteiger partial charge in [0.1, 0.15) is 0 Å². The van der Waals surface area contributed by atoms with Gasteiger partial charge >= 0.3 is 0 Å². The van der Waals surface area contributed by atoms with Gasteiger partial charge in [0.15, 0.2) is 0 Å². The Bertz CT molecular complexity index is 90.2. The summed E-state index contributed by atoms with van der Waals surface area (Å²) < 4.78 is 0. The van der Waals surface area contributed by atoms with Crippen molar-refractivity contribution >= 4 is 0 Å². The third kappa shape index (κ3) is 4.13. The van der Waals surface area contributed by atoms with E-state index in [1.807, 2.05) is 0 Å². The fourth-order valence-corrected chi connectivity index (χ4v) is 2.14. The summed E-state index contributed by atoms with van der Waals surface area (Å²) in [6, 6.07) is 0. The molecule has 1 aliphatic rings. The second-order valence-corrected chi connectivity index (χ2v) is 4.17. The average Bonchev–Trinajstić information content (AvgIpc) is 2.57. The maximum absolute atomic E-state index is 2.53. The van der Waals surface area contributed by atoms with Gasteiger partial charge in [0, 0.05) is 0 Å². The monoisotopic (exact) mass is 167 g/mol. The van der Waals surface area contributed by atoms with E-state index < -0.39 is 0 Å². The fourth-order valence-electron chi connectivity index (χ4n) is 2.14. The maximum Gasteiger partial charge on any atom is -0.0383 e. The molecule has 1 fully saturated rings. The van der Waals surface area contributed by atoms with Crippen molar-refractivity contribution in [3.8, 4) is 0 Å². The Kier molecular flexibility index (Phi) is 5.47.